The molecule has 0 aliphatic rings. The second-order valence-corrected chi connectivity index (χ2v) is 5.85. The molecule has 0 fully saturated rings. The van der Waals surface area contributed by atoms with Crippen molar-refractivity contribution in [2.24, 2.45) is 0 Å². The lowest BCUT2D eigenvalue weighted by atomic mass is 9.95. The van der Waals surface area contributed by atoms with Gasteiger partial charge >= 0.3 is 0 Å². The molecule has 100 valence electrons. The minimum atomic E-state index is -1.01. The summed E-state index contributed by atoms with van der Waals surface area (Å²) in [7, 11) is 0. The molecule has 1 unspecified atom stereocenters. The van der Waals surface area contributed by atoms with Gasteiger partial charge in [0.05, 0.1) is 0 Å². The zero-order chi connectivity index (χ0) is 14.2. The normalized spacial score (nSPS) is 12.5. The van der Waals surface area contributed by atoms with Gasteiger partial charge in [0, 0.05) is 15.1 Å². The highest BCUT2D eigenvalue weighted by Gasteiger charge is 2.18. The summed E-state index contributed by atoms with van der Waals surface area (Å²) in [5, 5.41) is 11.0. The lowest BCUT2D eigenvalue weighted by molar-refractivity contribution is 0.214. The molecule has 0 heterocycles. The van der Waals surface area contributed by atoms with Crippen LogP contribution < -0.4 is 0 Å². The van der Waals surface area contributed by atoms with Gasteiger partial charge in [-0.2, -0.15) is 0 Å². The first kappa shape index (κ1) is 14.5. The maximum Gasteiger partial charge on any atom is 0.129 e. The zero-order valence-electron chi connectivity index (χ0n) is 10.5. The van der Waals surface area contributed by atoms with Crippen molar-refractivity contribution < 1.29 is 9.50 Å². The number of aliphatic hydroxyl groups is 1. The van der Waals surface area contributed by atoms with Gasteiger partial charge in [-0.1, -0.05) is 33.6 Å². The van der Waals surface area contributed by atoms with Crippen LogP contribution in [0.25, 0.3) is 0 Å². The molecule has 0 aromatic heterocycles. The van der Waals surface area contributed by atoms with E-state index in [0.29, 0.717) is 10.6 Å². The Kier molecular flexibility index (Phi) is 4.29. The number of aryl methyl sites for hydroxylation is 2. The van der Waals surface area contributed by atoms with E-state index < -0.39 is 11.9 Å². The van der Waals surface area contributed by atoms with E-state index >= 15 is 0 Å². The first-order chi connectivity index (χ1) is 8.90. The fourth-order valence-corrected chi connectivity index (χ4v) is 2.59. The van der Waals surface area contributed by atoms with Crippen LogP contribution in [-0.4, -0.2) is 5.11 Å². The summed E-state index contributed by atoms with van der Waals surface area (Å²) in [6, 6.07) is 8.10. The van der Waals surface area contributed by atoms with Crippen molar-refractivity contribution in [1.82, 2.24) is 0 Å². The summed E-state index contributed by atoms with van der Waals surface area (Å²) < 4.78 is 14.5. The Bertz CT molecular complexity index is 628. The Morgan fingerprint density at radius 3 is 2.47 bits per heavy atom. The smallest absolute Gasteiger partial charge is 0.129 e. The Morgan fingerprint density at radius 2 is 1.79 bits per heavy atom. The highest BCUT2D eigenvalue weighted by atomic mass is 79.9. The van der Waals surface area contributed by atoms with Crippen molar-refractivity contribution >= 4 is 27.5 Å². The molecule has 0 aliphatic heterocycles. The second kappa shape index (κ2) is 5.61. The quantitative estimate of drug-likeness (QED) is 0.819. The van der Waals surface area contributed by atoms with Gasteiger partial charge in [-0.25, -0.2) is 4.39 Å². The molecule has 0 radical (unpaired) electrons. The van der Waals surface area contributed by atoms with Crippen LogP contribution in [0, 0.1) is 19.7 Å². The molecule has 1 N–H and O–H groups in total. The number of hydrogen-bond donors (Lipinski definition) is 1. The standard InChI is InChI=1S/C15H13BrClFO/c1-8-6-13(17)9(2)5-11(8)15(19)12-7-10(16)3-4-14(12)18/h3-7,15,19H,1-2H3. The van der Waals surface area contributed by atoms with E-state index in [1.165, 1.54) is 6.07 Å². The van der Waals surface area contributed by atoms with Crippen molar-refractivity contribution in [2.45, 2.75) is 20.0 Å². The Hall–Kier alpha value is -0.900. The summed E-state index contributed by atoms with van der Waals surface area (Å²) in [4.78, 5) is 0. The van der Waals surface area contributed by atoms with Crippen molar-refractivity contribution in [2.75, 3.05) is 0 Å². The lowest BCUT2D eigenvalue weighted by Crippen LogP contribution is -2.05. The molecule has 19 heavy (non-hydrogen) atoms. The summed E-state index contributed by atoms with van der Waals surface area (Å²) in [5.41, 5.74) is 2.61. The first-order valence-electron chi connectivity index (χ1n) is 5.80. The third kappa shape index (κ3) is 2.99. The molecule has 1 atom stereocenters. The monoisotopic (exact) mass is 342 g/mol. The molecule has 0 aliphatic carbocycles. The van der Waals surface area contributed by atoms with E-state index in [1.54, 1.807) is 24.3 Å². The zero-order valence-corrected chi connectivity index (χ0v) is 12.9. The predicted molar refractivity (Wildman–Crippen MR) is 79.1 cm³/mol. The molecular formula is C15H13BrClFO. The summed E-state index contributed by atoms with van der Waals surface area (Å²) >= 11 is 9.31. The minimum Gasteiger partial charge on any atom is -0.384 e. The second-order valence-electron chi connectivity index (χ2n) is 4.53. The van der Waals surface area contributed by atoms with Crippen LogP contribution in [0.1, 0.15) is 28.4 Å². The number of halogens is 3. The summed E-state index contributed by atoms with van der Waals surface area (Å²) in [6.07, 6.45) is -1.01. The Morgan fingerprint density at radius 1 is 1.11 bits per heavy atom. The lowest BCUT2D eigenvalue weighted by Gasteiger charge is -2.16. The molecule has 0 saturated heterocycles. The van der Waals surface area contributed by atoms with Crippen molar-refractivity contribution in [3.63, 3.8) is 0 Å². The average molecular weight is 344 g/mol. The van der Waals surface area contributed by atoms with Crippen LogP contribution in [0.4, 0.5) is 4.39 Å². The average Bonchev–Trinajstić information content (AvgIpc) is 2.36. The molecule has 0 bridgehead atoms. The summed E-state index contributed by atoms with van der Waals surface area (Å²) in [5.74, 6) is -0.428. The minimum absolute atomic E-state index is 0.249. The van der Waals surface area contributed by atoms with Gasteiger partial charge < -0.3 is 5.11 Å². The molecule has 0 spiro atoms. The Labute approximate surface area is 125 Å². The van der Waals surface area contributed by atoms with Crippen LogP contribution in [-0.2, 0) is 0 Å². The van der Waals surface area contributed by atoms with Gasteiger partial charge in [0.15, 0.2) is 0 Å². The van der Waals surface area contributed by atoms with Gasteiger partial charge in [-0.05, 0) is 54.8 Å². The van der Waals surface area contributed by atoms with E-state index in [4.69, 9.17) is 11.6 Å². The first-order valence-corrected chi connectivity index (χ1v) is 6.97. The SMILES string of the molecule is Cc1cc(C(O)c2cc(Br)ccc2F)c(C)cc1Cl. The predicted octanol–water partition coefficient (Wildman–Crippen LogP) is 4.94. The van der Waals surface area contributed by atoms with Crippen LogP contribution in [0.3, 0.4) is 0 Å². The van der Waals surface area contributed by atoms with Crippen LogP contribution >= 0.6 is 27.5 Å². The number of benzene rings is 2. The highest BCUT2D eigenvalue weighted by Crippen LogP contribution is 2.31. The molecule has 2 aromatic carbocycles. The fourth-order valence-electron chi connectivity index (χ4n) is 1.99. The van der Waals surface area contributed by atoms with E-state index in [2.05, 4.69) is 15.9 Å². The van der Waals surface area contributed by atoms with Gasteiger partial charge in [0.2, 0.25) is 0 Å². The third-order valence-electron chi connectivity index (χ3n) is 3.09. The van der Waals surface area contributed by atoms with Crippen molar-refractivity contribution in [3.05, 3.63) is 67.9 Å². The molecule has 2 aromatic rings. The largest absolute Gasteiger partial charge is 0.384 e. The van der Waals surface area contributed by atoms with Gasteiger partial charge in [0.25, 0.3) is 0 Å². The molecule has 4 heteroatoms. The van der Waals surface area contributed by atoms with E-state index in [1.807, 2.05) is 13.8 Å². The molecule has 0 saturated carbocycles. The Balaban J connectivity index is 2.52. The highest BCUT2D eigenvalue weighted by molar-refractivity contribution is 9.10. The van der Waals surface area contributed by atoms with Gasteiger partial charge in [-0.15, -0.1) is 0 Å². The summed E-state index contributed by atoms with van der Waals surface area (Å²) in [6.45, 7) is 3.70. The van der Waals surface area contributed by atoms with Gasteiger partial charge in [-0.3, -0.25) is 0 Å². The molecule has 0 amide bonds. The number of aliphatic hydroxyl groups excluding tert-OH is 1. The van der Waals surface area contributed by atoms with E-state index in [0.717, 1.165) is 15.6 Å². The van der Waals surface area contributed by atoms with Crippen molar-refractivity contribution in [3.8, 4) is 0 Å². The van der Waals surface area contributed by atoms with Crippen molar-refractivity contribution in [1.29, 1.82) is 0 Å². The van der Waals surface area contributed by atoms with Gasteiger partial charge in [0.1, 0.15) is 11.9 Å². The molecule has 2 rings (SSSR count). The maximum absolute atomic E-state index is 13.8. The van der Waals surface area contributed by atoms with Crippen LogP contribution in [0.2, 0.25) is 5.02 Å². The molecule has 1 nitrogen and oxygen atoms in total. The van der Waals surface area contributed by atoms with E-state index in [9.17, 15) is 9.50 Å². The maximum atomic E-state index is 13.8. The third-order valence-corrected chi connectivity index (χ3v) is 3.99. The topological polar surface area (TPSA) is 20.2 Å². The number of rotatable bonds is 2. The van der Waals surface area contributed by atoms with Crippen LogP contribution in [0.5, 0.6) is 0 Å². The fraction of sp³-hybridized carbons (Fsp3) is 0.200. The molecular weight excluding hydrogens is 331 g/mol. The van der Waals surface area contributed by atoms with E-state index in [-0.39, 0.29) is 5.56 Å². The number of hydrogen-bond acceptors (Lipinski definition) is 1. The van der Waals surface area contributed by atoms with Crippen LogP contribution in [0.15, 0.2) is 34.8 Å².